The number of thioether (sulfide) groups is 1. The van der Waals surface area contributed by atoms with E-state index in [0.29, 0.717) is 23.6 Å². The number of hydrogen-bond donors (Lipinski definition) is 1. The molecule has 0 aromatic heterocycles. The minimum Gasteiger partial charge on any atom is -0.493 e. The van der Waals surface area contributed by atoms with Crippen LogP contribution in [0.4, 0.5) is 0 Å². The van der Waals surface area contributed by atoms with Gasteiger partial charge in [0.15, 0.2) is 11.5 Å². The van der Waals surface area contributed by atoms with E-state index < -0.39 is 10.8 Å². The molecule has 25 heavy (non-hydrogen) atoms. The van der Waals surface area contributed by atoms with Gasteiger partial charge in [0.2, 0.25) is 5.91 Å². The van der Waals surface area contributed by atoms with Crippen LogP contribution in [0.2, 0.25) is 0 Å². The number of carbonyl (C=O) groups is 2. The fourth-order valence-electron chi connectivity index (χ4n) is 3.53. The van der Waals surface area contributed by atoms with Crippen LogP contribution in [-0.4, -0.2) is 48.3 Å². The molecule has 2 aliphatic heterocycles. The third-order valence-corrected chi connectivity index (χ3v) is 6.10. The molecule has 2 atom stereocenters. The molecule has 2 heterocycles. The lowest BCUT2D eigenvalue weighted by molar-refractivity contribution is -0.125. The van der Waals surface area contributed by atoms with Crippen molar-refractivity contribution in [2.45, 2.75) is 30.0 Å². The van der Waals surface area contributed by atoms with Gasteiger partial charge in [-0.3, -0.25) is 9.59 Å². The molecule has 134 valence electrons. The number of amides is 2. The summed E-state index contributed by atoms with van der Waals surface area (Å²) in [6.45, 7) is 7.96. The SMILES string of the molecule is C=CCNC(=O)[C@H]1N2C(=O)c3c(ccc(OC)c3OC)C2SC1(C)C. The van der Waals surface area contributed by atoms with Crippen LogP contribution >= 0.6 is 11.8 Å². The summed E-state index contributed by atoms with van der Waals surface area (Å²) in [6.07, 6.45) is 1.62. The van der Waals surface area contributed by atoms with Gasteiger partial charge in [-0.1, -0.05) is 12.1 Å². The highest BCUT2D eigenvalue weighted by Crippen LogP contribution is 2.58. The minimum absolute atomic E-state index is 0.174. The molecule has 3 rings (SSSR count). The number of benzene rings is 1. The van der Waals surface area contributed by atoms with Crippen molar-refractivity contribution in [3.05, 3.63) is 35.9 Å². The summed E-state index contributed by atoms with van der Waals surface area (Å²) in [5, 5.41) is 2.61. The largest absolute Gasteiger partial charge is 0.493 e. The van der Waals surface area contributed by atoms with E-state index in [1.54, 1.807) is 28.8 Å². The summed E-state index contributed by atoms with van der Waals surface area (Å²) >= 11 is 1.61. The second-order valence-corrected chi connectivity index (χ2v) is 8.22. The summed E-state index contributed by atoms with van der Waals surface area (Å²) in [7, 11) is 3.05. The predicted octanol–water partition coefficient (Wildman–Crippen LogP) is 2.35. The molecule has 0 spiro atoms. The summed E-state index contributed by atoms with van der Waals surface area (Å²) in [5.74, 6) is 0.551. The molecule has 1 aromatic rings. The number of fused-ring (bicyclic) bond motifs is 3. The lowest BCUT2D eigenvalue weighted by atomic mass is 10.0. The number of carbonyl (C=O) groups excluding carboxylic acids is 2. The minimum atomic E-state index is -0.571. The number of hydrogen-bond acceptors (Lipinski definition) is 5. The van der Waals surface area contributed by atoms with Crippen LogP contribution in [0.15, 0.2) is 24.8 Å². The number of nitrogens with zero attached hydrogens (tertiary/aromatic N) is 1. The number of nitrogens with one attached hydrogen (secondary N) is 1. The Kier molecular flexibility index (Phi) is 4.45. The molecule has 0 aliphatic carbocycles. The topological polar surface area (TPSA) is 67.9 Å². The van der Waals surface area contributed by atoms with Gasteiger partial charge in [0.25, 0.3) is 5.91 Å². The zero-order chi connectivity index (χ0) is 18.4. The monoisotopic (exact) mass is 362 g/mol. The van der Waals surface area contributed by atoms with Crippen LogP contribution in [0, 0.1) is 0 Å². The molecule has 2 amide bonds. The van der Waals surface area contributed by atoms with E-state index in [1.807, 2.05) is 19.9 Å². The highest BCUT2D eigenvalue weighted by molar-refractivity contribution is 8.01. The zero-order valence-corrected chi connectivity index (χ0v) is 15.6. The Hall–Kier alpha value is -2.15. The van der Waals surface area contributed by atoms with Gasteiger partial charge in [-0.25, -0.2) is 0 Å². The van der Waals surface area contributed by atoms with Crippen LogP contribution in [0.25, 0.3) is 0 Å². The number of rotatable bonds is 5. The van der Waals surface area contributed by atoms with E-state index in [0.717, 1.165) is 5.56 Å². The molecule has 1 aromatic carbocycles. The molecule has 1 fully saturated rings. The van der Waals surface area contributed by atoms with Crippen LogP contribution in [0.5, 0.6) is 11.5 Å². The molecule has 0 bridgehead atoms. The van der Waals surface area contributed by atoms with E-state index in [2.05, 4.69) is 11.9 Å². The van der Waals surface area contributed by atoms with Crippen molar-refractivity contribution in [1.29, 1.82) is 0 Å². The van der Waals surface area contributed by atoms with Crippen LogP contribution in [0.1, 0.15) is 35.1 Å². The van der Waals surface area contributed by atoms with Gasteiger partial charge in [0, 0.05) is 16.9 Å². The second-order valence-electron chi connectivity index (χ2n) is 6.49. The highest BCUT2D eigenvalue weighted by atomic mass is 32.2. The molecule has 1 saturated heterocycles. The molecule has 7 heteroatoms. The van der Waals surface area contributed by atoms with Crippen LogP contribution in [0.3, 0.4) is 0 Å². The first kappa shape index (κ1) is 17.7. The first-order chi connectivity index (χ1) is 11.9. The van der Waals surface area contributed by atoms with Crippen LogP contribution < -0.4 is 14.8 Å². The van der Waals surface area contributed by atoms with Gasteiger partial charge in [0.1, 0.15) is 11.4 Å². The quantitative estimate of drug-likeness (QED) is 0.815. The Bertz CT molecular complexity index is 747. The van der Waals surface area contributed by atoms with E-state index >= 15 is 0 Å². The predicted molar refractivity (Wildman–Crippen MR) is 97.1 cm³/mol. The summed E-state index contributed by atoms with van der Waals surface area (Å²) in [4.78, 5) is 27.6. The second kappa shape index (κ2) is 6.29. The fraction of sp³-hybridized carbons (Fsp3) is 0.444. The third kappa shape index (κ3) is 2.57. The maximum atomic E-state index is 13.2. The Morgan fingerprint density at radius 1 is 1.40 bits per heavy atom. The van der Waals surface area contributed by atoms with Crippen molar-refractivity contribution in [3.63, 3.8) is 0 Å². The van der Waals surface area contributed by atoms with E-state index in [-0.39, 0.29) is 17.2 Å². The average molecular weight is 362 g/mol. The molecule has 1 N–H and O–H groups in total. The first-order valence-electron chi connectivity index (χ1n) is 8.01. The van der Waals surface area contributed by atoms with Crippen molar-refractivity contribution < 1.29 is 19.1 Å². The maximum absolute atomic E-state index is 13.2. The molecule has 0 radical (unpaired) electrons. The average Bonchev–Trinajstić information content (AvgIpc) is 3.01. The summed E-state index contributed by atoms with van der Waals surface area (Å²) in [5.41, 5.74) is 1.34. The maximum Gasteiger partial charge on any atom is 0.260 e. The molecular weight excluding hydrogens is 340 g/mol. The fourth-order valence-corrected chi connectivity index (χ4v) is 5.10. The molecular formula is C18H22N2O4S. The lowest BCUT2D eigenvalue weighted by Crippen LogP contribution is -2.52. The summed E-state index contributed by atoms with van der Waals surface area (Å²) < 4.78 is 10.3. The van der Waals surface area contributed by atoms with E-state index in [9.17, 15) is 9.59 Å². The summed E-state index contributed by atoms with van der Waals surface area (Å²) in [6, 6.07) is 3.11. The normalized spacial score (nSPS) is 23.0. The van der Waals surface area contributed by atoms with Gasteiger partial charge < -0.3 is 19.7 Å². The highest BCUT2D eigenvalue weighted by Gasteiger charge is 2.58. The molecule has 1 unspecified atom stereocenters. The Labute approximate surface area is 151 Å². The van der Waals surface area contributed by atoms with Gasteiger partial charge in [-0.05, 0) is 19.9 Å². The standard InChI is InChI=1S/C18H22N2O4S/c1-6-9-19-15(21)14-18(2,3)25-17-10-7-8-11(23-4)13(24-5)12(10)16(22)20(14)17/h6-8,14,17H,1,9H2,2-5H3,(H,19,21)/t14-,17?/m1/s1. The van der Waals surface area contributed by atoms with Crippen molar-refractivity contribution in [1.82, 2.24) is 10.2 Å². The Balaban J connectivity index is 2.06. The molecule has 0 saturated carbocycles. The van der Waals surface area contributed by atoms with Gasteiger partial charge >= 0.3 is 0 Å². The van der Waals surface area contributed by atoms with Gasteiger partial charge in [-0.15, -0.1) is 18.3 Å². The van der Waals surface area contributed by atoms with Crippen molar-refractivity contribution >= 4 is 23.6 Å². The number of methoxy groups -OCH3 is 2. The Morgan fingerprint density at radius 3 is 2.72 bits per heavy atom. The Morgan fingerprint density at radius 2 is 2.12 bits per heavy atom. The third-order valence-electron chi connectivity index (χ3n) is 4.57. The van der Waals surface area contributed by atoms with Gasteiger partial charge in [0.05, 0.1) is 19.8 Å². The lowest BCUT2D eigenvalue weighted by Gasteiger charge is -2.29. The molecule has 6 nitrogen and oxygen atoms in total. The van der Waals surface area contributed by atoms with E-state index in [1.165, 1.54) is 14.2 Å². The van der Waals surface area contributed by atoms with Crippen molar-refractivity contribution in [2.75, 3.05) is 20.8 Å². The van der Waals surface area contributed by atoms with Crippen LogP contribution in [-0.2, 0) is 4.79 Å². The van der Waals surface area contributed by atoms with E-state index in [4.69, 9.17) is 9.47 Å². The smallest absolute Gasteiger partial charge is 0.260 e. The first-order valence-corrected chi connectivity index (χ1v) is 8.89. The molecule has 2 aliphatic rings. The van der Waals surface area contributed by atoms with Gasteiger partial charge in [-0.2, -0.15) is 0 Å². The zero-order valence-electron chi connectivity index (χ0n) is 14.8. The van der Waals surface area contributed by atoms with Crippen molar-refractivity contribution in [3.8, 4) is 11.5 Å². The van der Waals surface area contributed by atoms with Crippen molar-refractivity contribution in [2.24, 2.45) is 0 Å². The number of ether oxygens (including phenoxy) is 2.